The molecule has 0 bridgehead atoms. The highest BCUT2D eigenvalue weighted by Gasteiger charge is 2.46. The topological polar surface area (TPSA) is 123 Å². The largest absolute Gasteiger partial charge is 0.507 e. The lowest BCUT2D eigenvalue weighted by atomic mass is 9.95. The van der Waals surface area contributed by atoms with Crippen LogP contribution in [-0.4, -0.2) is 51.9 Å². The molecule has 1 saturated heterocycles. The molecule has 1 aliphatic rings. The van der Waals surface area contributed by atoms with Crippen molar-refractivity contribution in [1.29, 1.82) is 0 Å². The van der Waals surface area contributed by atoms with E-state index in [-0.39, 0.29) is 30.2 Å². The predicted molar refractivity (Wildman–Crippen MR) is 98.2 cm³/mol. The lowest BCUT2D eigenvalue weighted by Crippen LogP contribution is -2.32. The second kappa shape index (κ2) is 7.97. The quantitative estimate of drug-likeness (QED) is 0.266. The molecule has 1 atom stereocenters. The van der Waals surface area contributed by atoms with E-state index in [9.17, 15) is 24.8 Å². The van der Waals surface area contributed by atoms with E-state index in [4.69, 9.17) is 4.74 Å². The number of benzene rings is 1. The summed E-state index contributed by atoms with van der Waals surface area (Å²) in [5, 5.41) is 21.9. The number of nitro benzene ring substituents is 1. The molecular formula is C19H17N3O6. The Balaban J connectivity index is 2.18. The third kappa shape index (κ3) is 3.47. The highest BCUT2D eigenvalue weighted by atomic mass is 16.6. The lowest BCUT2D eigenvalue weighted by molar-refractivity contribution is -0.384. The number of ketones is 1. The summed E-state index contributed by atoms with van der Waals surface area (Å²) in [6.07, 6.45) is 2.89. The average molecular weight is 383 g/mol. The number of ether oxygens (including phenoxy) is 1. The number of amides is 1. The first-order chi connectivity index (χ1) is 13.5. The van der Waals surface area contributed by atoms with Gasteiger partial charge in [0.2, 0.25) is 0 Å². The van der Waals surface area contributed by atoms with Crippen molar-refractivity contribution in [1.82, 2.24) is 9.88 Å². The van der Waals surface area contributed by atoms with Crippen molar-refractivity contribution < 1.29 is 24.4 Å². The monoisotopic (exact) mass is 383 g/mol. The van der Waals surface area contributed by atoms with Gasteiger partial charge in [0, 0.05) is 43.7 Å². The first-order valence-electron chi connectivity index (χ1n) is 8.37. The third-order valence-electron chi connectivity index (χ3n) is 4.43. The molecule has 28 heavy (non-hydrogen) atoms. The van der Waals surface area contributed by atoms with Crippen molar-refractivity contribution in [3.63, 3.8) is 0 Å². The molecule has 0 radical (unpaired) electrons. The molecule has 3 rings (SSSR count). The molecule has 0 saturated carbocycles. The fourth-order valence-corrected chi connectivity index (χ4v) is 3.12. The van der Waals surface area contributed by atoms with Crippen LogP contribution in [-0.2, 0) is 14.3 Å². The van der Waals surface area contributed by atoms with Gasteiger partial charge >= 0.3 is 0 Å². The van der Waals surface area contributed by atoms with Gasteiger partial charge in [-0.2, -0.15) is 0 Å². The van der Waals surface area contributed by atoms with Gasteiger partial charge in [0.15, 0.2) is 0 Å². The number of hydrogen-bond donors (Lipinski definition) is 1. The summed E-state index contributed by atoms with van der Waals surface area (Å²) >= 11 is 0. The van der Waals surface area contributed by atoms with Crippen molar-refractivity contribution >= 4 is 23.1 Å². The van der Waals surface area contributed by atoms with E-state index in [1.165, 1.54) is 54.7 Å². The van der Waals surface area contributed by atoms with E-state index in [1.807, 2.05) is 0 Å². The second-order valence-electron chi connectivity index (χ2n) is 6.07. The molecule has 0 spiro atoms. The molecule has 144 valence electrons. The number of methoxy groups -OCH3 is 1. The van der Waals surface area contributed by atoms with Crippen LogP contribution in [0.15, 0.2) is 54.4 Å². The maximum Gasteiger partial charge on any atom is 0.295 e. The second-order valence-corrected chi connectivity index (χ2v) is 6.07. The standard InChI is InChI=1S/C19H17N3O6/c1-28-10-9-21-16(13-3-2-4-14(11-13)22(26)27)15(18(24)19(21)25)17(23)12-5-7-20-8-6-12/h2-8,11,16,23H,9-10H2,1H3. The van der Waals surface area contributed by atoms with Gasteiger partial charge in [0.1, 0.15) is 5.76 Å². The molecule has 2 aromatic rings. The van der Waals surface area contributed by atoms with Crippen LogP contribution < -0.4 is 0 Å². The number of hydrogen-bond acceptors (Lipinski definition) is 7. The average Bonchev–Trinajstić information content (AvgIpc) is 2.97. The van der Waals surface area contributed by atoms with Crippen molar-refractivity contribution in [3.8, 4) is 0 Å². The van der Waals surface area contributed by atoms with Crippen LogP contribution >= 0.6 is 0 Å². The summed E-state index contributed by atoms with van der Waals surface area (Å²) in [5.41, 5.74) is 0.349. The summed E-state index contributed by atoms with van der Waals surface area (Å²) in [6.45, 7) is 0.245. The Kier molecular flexibility index (Phi) is 5.46. The Morgan fingerprint density at radius 1 is 1.29 bits per heavy atom. The fourth-order valence-electron chi connectivity index (χ4n) is 3.12. The minimum Gasteiger partial charge on any atom is -0.507 e. The lowest BCUT2D eigenvalue weighted by Gasteiger charge is -2.24. The Labute approximate surface area is 160 Å². The third-order valence-corrected chi connectivity index (χ3v) is 4.43. The molecule has 1 aromatic carbocycles. The smallest absolute Gasteiger partial charge is 0.295 e. The van der Waals surface area contributed by atoms with Crippen molar-refractivity contribution in [3.05, 3.63) is 75.6 Å². The fraction of sp³-hybridized carbons (Fsp3) is 0.211. The SMILES string of the molecule is COCCN1C(=O)C(=O)C(=C(O)c2ccncc2)C1c1cccc([N+](=O)[O-])c1. The maximum absolute atomic E-state index is 12.7. The summed E-state index contributed by atoms with van der Waals surface area (Å²) in [4.78, 5) is 41.0. The highest BCUT2D eigenvalue weighted by Crippen LogP contribution is 2.39. The number of nitrogens with zero attached hydrogens (tertiary/aromatic N) is 3. The molecule has 1 amide bonds. The molecule has 0 aliphatic carbocycles. The van der Waals surface area contributed by atoms with Crippen molar-refractivity contribution in [2.24, 2.45) is 0 Å². The van der Waals surface area contributed by atoms with Gasteiger partial charge in [-0.3, -0.25) is 24.7 Å². The number of non-ortho nitro benzene ring substituents is 1. The maximum atomic E-state index is 12.7. The van der Waals surface area contributed by atoms with Crippen molar-refractivity contribution in [2.45, 2.75) is 6.04 Å². The Morgan fingerprint density at radius 3 is 2.64 bits per heavy atom. The van der Waals surface area contributed by atoms with Crippen LogP contribution in [0.5, 0.6) is 0 Å². The van der Waals surface area contributed by atoms with E-state index < -0.39 is 22.7 Å². The number of nitro groups is 1. The minimum absolute atomic E-state index is 0.0849. The summed E-state index contributed by atoms with van der Waals surface area (Å²) < 4.78 is 5.01. The molecular weight excluding hydrogens is 366 g/mol. The van der Waals surface area contributed by atoms with Crippen LogP contribution in [0.4, 0.5) is 5.69 Å². The molecule has 1 aliphatic heterocycles. The van der Waals surface area contributed by atoms with Crippen molar-refractivity contribution in [2.75, 3.05) is 20.3 Å². The van der Waals surface area contributed by atoms with Gasteiger partial charge < -0.3 is 14.7 Å². The number of rotatable bonds is 6. The molecule has 1 unspecified atom stereocenters. The molecule has 9 nitrogen and oxygen atoms in total. The predicted octanol–water partition coefficient (Wildman–Crippen LogP) is 2.06. The first kappa shape index (κ1) is 19.2. The number of aromatic nitrogens is 1. The normalized spacial score (nSPS) is 18.5. The minimum atomic E-state index is -0.969. The van der Waals surface area contributed by atoms with Crippen LogP contribution in [0.3, 0.4) is 0 Å². The summed E-state index contributed by atoms with van der Waals surface area (Å²) in [5.74, 6) is -2.02. The molecule has 9 heteroatoms. The zero-order valence-electron chi connectivity index (χ0n) is 14.9. The number of aliphatic hydroxyl groups is 1. The van der Waals surface area contributed by atoms with Crippen LogP contribution in [0.1, 0.15) is 17.2 Å². The summed E-state index contributed by atoms with van der Waals surface area (Å²) in [7, 11) is 1.45. The highest BCUT2D eigenvalue weighted by molar-refractivity contribution is 6.46. The number of carbonyl (C=O) groups is 2. The first-order valence-corrected chi connectivity index (χ1v) is 8.37. The Morgan fingerprint density at radius 2 is 2.00 bits per heavy atom. The number of pyridine rings is 1. The van der Waals surface area contributed by atoms with Gasteiger partial charge in [-0.25, -0.2) is 0 Å². The van der Waals surface area contributed by atoms with Gasteiger partial charge in [0.05, 0.1) is 23.1 Å². The zero-order chi connectivity index (χ0) is 20.3. The zero-order valence-corrected chi connectivity index (χ0v) is 14.9. The summed E-state index contributed by atoms with van der Waals surface area (Å²) in [6, 6.07) is 7.68. The van der Waals surface area contributed by atoms with Crippen LogP contribution in [0.25, 0.3) is 5.76 Å². The molecule has 2 heterocycles. The van der Waals surface area contributed by atoms with Gasteiger partial charge in [-0.05, 0) is 17.7 Å². The number of Topliss-reactive ketones (excluding diaryl/α,β-unsaturated/α-hetero) is 1. The van der Waals surface area contributed by atoms with E-state index in [0.717, 1.165) is 0 Å². The number of carbonyl (C=O) groups excluding carboxylic acids is 2. The number of aliphatic hydroxyl groups excluding tert-OH is 1. The Bertz CT molecular complexity index is 957. The van der Waals surface area contributed by atoms with E-state index >= 15 is 0 Å². The van der Waals surface area contributed by atoms with Gasteiger partial charge in [0.25, 0.3) is 17.4 Å². The molecule has 1 aromatic heterocycles. The van der Waals surface area contributed by atoms with Gasteiger partial charge in [-0.15, -0.1) is 0 Å². The van der Waals surface area contributed by atoms with E-state index in [2.05, 4.69) is 4.98 Å². The molecule has 1 fully saturated rings. The van der Waals surface area contributed by atoms with E-state index in [0.29, 0.717) is 11.1 Å². The Hall–Kier alpha value is -3.59. The molecule has 1 N–H and O–H groups in total. The van der Waals surface area contributed by atoms with Crippen LogP contribution in [0.2, 0.25) is 0 Å². The van der Waals surface area contributed by atoms with Crippen LogP contribution in [0, 0.1) is 10.1 Å². The number of likely N-dealkylation sites (tertiary alicyclic amines) is 1. The van der Waals surface area contributed by atoms with Gasteiger partial charge in [-0.1, -0.05) is 12.1 Å². The van der Waals surface area contributed by atoms with E-state index in [1.54, 1.807) is 6.07 Å².